The topological polar surface area (TPSA) is 44.6 Å². The van der Waals surface area contributed by atoms with Crippen LogP contribution in [-0.4, -0.2) is 39.2 Å². The first-order chi connectivity index (χ1) is 23.1. The predicted octanol–water partition coefficient (Wildman–Crippen LogP) is 10.8. The largest absolute Gasteiger partial charge is 0.370 e. The monoisotopic (exact) mass is 647 g/mol. The summed E-state index contributed by atoms with van der Waals surface area (Å²) < 4.78 is 0. The normalized spacial score (nSPS) is 23.7. The highest BCUT2D eigenvalue weighted by molar-refractivity contribution is 5.98. The van der Waals surface area contributed by atoms with E-state index in [0.717, 1.165) is 36.8 Å². The third-order valence-electron chi connectivity index (χ3n) is 12.0. The third-order valence-corrected chi connectivity index (χ3v) is 12.0. The Hall–Kier alpha value is -3.21. The van der Waals surface area contributed by atoms with Crippen molar-refractivity contribution in [2.24, 2.45) is 22.7 Å². The average Bonchev–Trinajstić information content (AvgIpc) is 3.83. The number of anilines is 1. The van der Waals surface area contributed by atoms with Crippen molar-refractivity contribution < 1.29 is 0 Å². The first kappa shape index (κ1) is 34.6. The molecule has 0 bridgehead atoms. The summed E-state index contributed by atoms with van der Waals surface area (Å²) in [4.78, 5) is 19.8. The molecule has 0 spiro atoms. The summed E-state index contributed by atoms with van der Waals surface area (Å²) >= 11 is 0. The van der Waals surface area contributed by atoms with E-state index in [1.54, 1.807) is 0 Å². The molecule has 0 unspecified atom stereocenters. The minimum absolute atomic E-state index is 0.395. The van der Waals surface area contributed by atoms with Gasteiger partial charge in [0.15, 0.2) is 0 Å². The molecule has 1 saturated heterocycles. The molecule has 48 heavy (non-hydrogen) atoms. The van der Waals surface area contributed by atoms with Crippen LogP contribution in [0.5, 0.6) is 0 Å². The number of nitrogens with zero attached hydrogens (tertiary/aromatic N) is 5. The van der Waals surface area contributed by atoms with Gasteiger partial charge in [0, 0.05) is 71.2 Å². The average molecular weight is 648 g/mol. The molecule has 0 aromatic carbocycles. The zero-order chi connectivity index (χ0) is 33.8. The van der Waals surface area contributed by atoms with Crippen LogP contribution in [0.1, 0.15) is 140 Å². The smallest absolute Gasteiger partial charge is 0.133 e. The van der Waals surface area contributed by atoms with E-state index in [0.29, 0.717) is 23.3 Å². The van der Waals surface area contributed by atoms with Gasteiger partial charge in [-0.25, -0.2) is 4.98 Å². The van der Waals surface area contributed by atoms with Crippen LogP contribution in [0.2, 0.25) is 0 Å². The number of allylic oxidation sites excluding steroid dienone is 3. The number of aromatic nitrogens is 2. The van der Waals surface area contributed by atoms with Crippen molar-refractivity contribution in [3.63, 3.8) is 0 Å². The van der Waals surface area contributed by atoms with Gasteiger partial charge in [0.1, 0.15) is 5.82 Å². The third kappa shape index (κ3) is 8.14. The fraction of sp³-hybridized carbons (Fsp3) is 0.605. The summed E-state index contributed by atoms with van der Waals surface area (Å²) in [5.74, 6) is 3.63. The van der Waals surface area contributed by atoms with Crippen molar-refractivity contribution in [3.8, 4) is 0 Å². The van der Waals surface area contributed by atoms with E-state index in [2.05, 4.69) is 81.3 Å². The highest BCUT2D eigenvalue weighted by Gasteiger charge is 2.35. The van der Waals surface area contributed by atoms with Gasteiger partial charge < -0.3 is 9.80 Å². The molecule has 5 aliphatic rings. The van der Waals surface area contributed by atoms with E-state index < -0.39 is 0 Å². The van der Waals surface area contributed by atoms with E-state index in [9.17, 15) is 0 Å². The zero-order valence-electron chi connectivity index (χ0n) is 30.7. The summed E-state index contributed by atoms with van der Waals surface area (Å²) in [5, 5.41) is 0. The molecule has 0 radical (unpaired) electrons. The van der Waals surface area contributed by atoms with E-state index >= 15 is 0 Å². The van der Waals surface area contributed by atoms with Crippen LogP contribution in [0.15, 0.2) is 66.1 Å². The molecule has 3 saturated carbocycles. The van der Waals surface area contributed by atoms with Crippen molar-refractivity contribution >= 4 is 17.2 Å². The number of rotatable bonds is 10. The van der Waals surface area contributed by atoms with Crippen LogP contribution in [0, 0.1) is 24.7 Å². The van der Waals surface area contributed by atoms with Crippen molar-refractivity contribution in [1.29, 1.82) is 0 Å². The van der Waals surface area contributed by atoms with E-state index in [1.165, 1.54) is 123 Å². The maximum atomic E-state index is 5.03. The highest BCUT2D eigenvalue weighted by Crippen LogP contribution is 2.40. The molecule has 2 aliphatic heterocycles. The Kier molecular flexibility index (Phi) is 10.9. The molecule has 5 nitrogen and oxygen atoms in total. The number of pyridine rings is 2. The lowest BCUT2D eigenvalue weighted by atomic mass is 9.79. The van der Waals surface area contributed by atoms with Crippen LogP contribution in [0.4, 0.5) is 5.82 Å². The van der Waals surface area contributed by atoms with Crippen LogP contribution < -0.4 is 4.90 Å². The summed E-state index contributed by atoms with van der Waals surface area (Å²) in [6.45, 7) is 21.8. The molecule has 0 atom stereocenters. The molecule has 2 aromatic heterocycles. The second-order valence-corrected chi connectivity index (χ2v) is 16.0. The minimum atomic E-state index is 0.395. The van der Waals surface area contributed by atoms with Gasteiger partial charge in [-0.3, -0.25) is 9.98 Å². The Labute approximate surface area is 291 Å². The van der Waals surface area contributed by atoms with Crippen molar-refractivity contribution in [2.75, 3.05) is 18.0 Å². The van der Waals surface area contributed by atoms with Crippen LogP contribution in [0.25, 0.3) is 5.70 Å². The lowest BCUT2D eigenvalue weighted by Crippen LogP contribution is -2.54. The maximum Gasteiger partial charge on any atom is 0.133 e. The molecule has 4 fully saturated rings. The molecule has 258 valence electrons. The Morgan fingerprint density at radius 2 is 1.69 bits per heavy atom. The number of likely N-dealkylation sites (tertiary alicyclic amines) is 1. The standard InChI is InChI=1S/C35H46N4.C8H15N/c1-4-27-16-17-32(37-24(27)2)29-12-10-26(11-13-29)23-39(25(3)28-8-6-5-7-9-28)35-22-31(20-21-36-35)34-19-18-33(38-34)30-14-15-30;1-7(2)9-6-5-8(9,3)4/h16-17,19-22,26,28-30H,3-15,18,23H2,1-2H3;1,5-6H2,2-4H3. The van der Waals surface area contributed by atoms with Gasteiger partial charge >= 0.3 is 0 Å². The Balaban J connectivity index is 0.000000388. The maximum absolute atomic E-state index is 5.03. The van der Waals surface area contributed by atoms with Crippen LogP contribution in [0.3, 0.4) is 0 Å². The van der Waals surface area contributed by atoms with Gasteiger partial charge in [0.05, 0.1) is 5.70 Å². The number of aryl methyl sites for hydroxylation is 2. The van der Waals surface area contributed by atoms with Gasteiger partial charge in [-0.2, -0.15) is 0 Å². The summed E-state index contributed by atoms with van der Waals surface area (Å²) in [7, 11) is 0. The number of aliphatic imine (C=N–C) groups is 1. The Bertz CT molecular complexity index is 1510. The number of hydrogen-bond acceptors (Lipinski definition) is 5. The second kappa shape index (κ2) is 15.1. The van der Waals surface area contributed by atoms with Crippen LogP contribution >= 0.6 is 0 Å². The molecule has 5 heteroatoms. The molecule has 0 amide bonds. The Morgan fingerprint density at radius 1 is 0.958 bits per heavy atom. The first-order valence-corrected chi connectivity index (χ1v) is 19.2. The molecule has 0 N–H and O–H groups in total. The van der Waals surface area contributed by atoms with Crippen molar-refractivity contribution in [2.45, 2.75) is 136 Å². The predicted molar refractivity (Wildman–Crippen MR) is 203 cm³/mol. The minimum Gasteiger partial charge on any atom is -0.370 e. The van der Waals surface area contributed by atoms with Crippen molar-refractivity contribution in [3.05, 3.63) is 83.6 Å². The molecule has 4 heterocycles. The van der Waals surface area contributed by atoms with Gasteiger partial charge in [0.25, 0.3) is 0 Å². The molecular formula is C43H61N5. The lowest BCUT2D eigenvalue weighted by molar-refractivity contribution is 0.0547. The summed E-state index contributed by atoms with van der Waals surface area (Å²) in [5.41, 5.74) is 10.5. The zero-order valence-corrected chi connectivity index (χ0v) is 30.7. The second-order valence-electron chi connectivity index (χ2n) is 16.0. The lowest BCUT2D eigenvalue weighted by Gasteiger charge is -2.50. The number of hydrogen-bond donors (Lipinski definition) is 0. The van der Waals surface area contributed by atoms with Crippen LogP contribution in [-0.2, 0) is 6.42 Å². The van der Waals surface area contributed by atoms with E-state index in [1.807, 2.05) is 6.20 Å². The fourth-order valence-electron chi connectivity index (χ4n) is 8.53. The van der Waals surface area contributed by atoms with Gasteiger partial charge in [-0.15, -0.1) is 0 Å². The van der Waals surface area contributed by atoms with Crippen molar-refractivity contribution in [1.82, 2.24) is 14.9 Å². The van der Waals surface area contributed by atoms with Gasteiger partial charge in [-0.1, -0.05) is 51.5 Å². The summed E-state index contributed by atoms with van der Waals surface area (Å²) in [6.07, 6.45) is 21.8. The van der Waals surface area contributed by atoms with E-state index in [-0.39, 0.29) is 0 Å². The molecule has 2 aromatic rings. The molecule has 3 aliphatic carbocycles. The molecule has 7 rings (SSSR count). The highest BCUT2D eigenvalue weighted by atomic mass is 15.3. The summed E-state index contributed by atoms with van der Waals surface area (Å²) in [6, 6.07) is 9.01. The first-order valence-electron chi connectivity index (χ1n) is 19.2. The van der Waals surface area contributed by atoms with Gasteiger partial charge in [0.2, 0.25) is 0 Å². The quantitative estimate of drug-likeness (QED) is 0.257. The Morgan fingerprint density at radius 3 is 2.27 bits per heavy atom. The fourth-order valence-corrected chi connectivity index (χ4v) is 8.53. The molecular weight excluding hydrogens is 587 g/mol. The van der Waals surface area contributed by atoms with E-state index in [4.69, 9.17) is 21.5 Å². The van der Waals surface area contributed by atoms with Gasteiger partial charge in [-0.05, 0) is 133 Å². The SMILES string of the molecule is C=C(C)N1CCC1(C)C.C=C(C1CCCCC1)N(CC1CCC(c2ccc(CC)c(C)n2)CC1)c1cc(C2=CCC(C3CC3)=N2)ccn1.